The predicted molar refractivity (Wildman–Crippen MR) is 101 cm³/mol. The van der Waals surface area contributed by atoms with Crippen LogP contribution in [0.3, 0.4) is 0 Å². The zero-order chi connectivity index (χ0) is 17.8. The third-order valence-corrected chi connectivity index (χ3v) is 6.48. The van der Waals surface area contributed by atoms with Crippen LogP contribution >= 0.6 is 0 Å². The minimum Gasteiger partial charge on any atom is -0.349 e. The summed E-state index contributed by atoms with van der Waals surface area (Å²) < 4.78 is 14.7. The van der Waals surface area contributed by atoms with Crippen LogP contribution in [0.4, 0.5) is 0 Å². The molecule has 2 aromatic rings. The van der Waals surface area contributed by atoms with Crippen LogP contribution in [0, 0.1) is 12.3 Å². The van der Waals surface area contributed by atoms with Gasteiger partial charge in [-0.15, -0.1) is 0 Å². The highest BCUT2D eigenvalue weighted by atomic mass is 16.7. The van der Waals surface area contributed by atoms with Crippen LogP contribution in [-0.4, -0.2) is 28.8 Å². The summed E-state index contributed by atoms with van der Waals surface area (Å²) in [4.78, 5) is 0. The summed E-state index contributed by atoms with van der Waals surface area (Å²) in [5, 5.41) is 4.71. The van der Waals surface area contributed by atoms with Crippen molar-refractivity contribution in [1.82, 2.24) is 9.78 Å². The van der Waals surface area contributed by atoms with E-state index in [2.05, 4.69) is 48.9 Å². The molecule has 1 aromatic heterocycles. The van der Waals surface area contributed by atoms with E-state index < -0.39 is 5.79 Å². The van der Waals surface area contributed by atoms with Crippen molar-refractivity contribution in [2.45, 2.75) is 51.7 Å². The third-order valence-electron chi connectivity index (χ3n) is 6.48. The van der Waals surface area contributed by atoms with Crippen LogP contribution in [0.1, 0.15) is 49.4 Å². The standard InChI is InChI=1S/C22H26N2O2/c1-16-6-8-19(9-7-16)24-20-13-18-5-3-10-22(25-11-4-12-26-22)21(18,2)14-17(20)15-23-24/h6-9,13,15H,3-5,10-12,14H2,1-2H3/t21-/m0/s1. The molecule has 4 heteroatoms. The Hall–Kier alpha value is -1.91. The number of ether oxygens (including phenoxy) is 2. The van der Waals surface area contributed by atoms with Gasteiger partial charge >= 0.3 is 0 Å². The van der Waals surface area contributed by atoms with Gasteiger partial charge in [0.15, 0.2) is 5.79 Å². The van der Waals surface area contributed by atoms with Crippen LogP contribution in [0.25, 0.3) is 11.8 Å². The molecular weight excluding hydrogens is 324 g/mol. The Labute approximate surface area is 154 Å². The average molecular weight is 350 g/mol. The minimum atomic E-state index is -0.459. The second kappa shape index (κ2) is 5.80. The maximum atomic E-state index is 6.31. The molecule has 26 heavy (non-hydrogen) atoms. The number of benzene rings is 1. The van der Waals surface area contributed by atoms with E-state index in [0.29, 0.717) is 0 Å². The van der Waals surface area contributed by atoms with Crippen molar-refractivity contribution >= 4 is 6.08 Å². The molecule has 2 heterocycles. The van der Waals surface area contributed by atoms with Crippen LogP contribution in [0.15, 0.2) is 36.0 Å². The van der Waals surface area contributed by atoms with E-state index >= 15 is 0 Å². The second-order valence-electron chi connectivity index (χ2n) is 8.14. The Morgan fingerprint density at radius 1 is 1.08 bits per heavy atom. The fraction of sp³-hybridized carbons (Fsp3) is 0.500. The van der Waals surface area contributed by atoms with Crippen molar-refractivity contribution in [2.24, 2.45) is 5.41 Å². The van der Waals surface area contributed by atoms with Gasteiger partial charge in [0.2, 0.25) is 0 Å². The lowest BCUT2D eigenvalue weighted by Crippen LogP contribution is -2.57. The zero-order valence-electron chi connectivity index (χ0n) is 15.6. The zero-order valence-corrected chi connectivity index (χ0v) is 15.6. The van der Waals surface area contributed by atoms with E-state index in [-0.39, 0.29) is 5.41 Å². The molecule has 4 nitrogen and oxygen atoms in total. The lowest BCUT2D eigenvalue weighted by atomic mass is 9.61. The molecule has 3 aliphatic rings. The monoisotopic (exact) mass is 350 g/mol. The van der Waals surface area contributed by atoms with Crippen LogP contribution in [-0.2, 0) is 15.9 Å². The Bertz CT molecular complexity index is 853. The first-order valence-corrected chi connectivity index (χ1v) is 9.74. The molecule has 136 valence electrons. The van der Waals surface area contributed by atoms with Gasteiger partial charge in [-0.2, -0.15) is 5.10 Å². The van der Waals surface area contributed by atoms with E-state index in [9.17, 15) is 0 Å². The van der Waals surface area contributed by atoms with Crippen molar-refractivity contribution in [2.75, 3.05) is 13.2 Å². The highest BCUT2D eigenvalue weighted by Crippen LogP contribution is 2.56. The number of nitrogens with zero attached hydrogens (tertiary/aromatic N) is 2. The fourth-order valence-corrected chi connectivity index (χ4v) is 4.94. The predicted octanol–water partition coefficient (Wildman–Crippen LogP) is 4.44. The van der Waals surface area contributed by atoms with Gasteiger partial charge in [0.05, 0.1) is 30.8 Å². The molecule has 5 rings (SSSR count). The van der Waals surface area contributed by atoms with Gasteiger partial charge in [0.1, 0.15) is 0 Å². The first-order chi connectivity index (χ1) is 12.6. The molecule has 1 saturated heterocycles. The van der Waals surface area contributed by atoms with Crippen molar-refractivity contribution in [3.8, 4) is 5.69 Å². The number of aromatic nitrogens is 2. The molecule has 0 radical (unpaired) electrons. The average Bonchev–Trinajstić information content (AvgIpc) is 3.05. The van der Waals surface area contributed by atoms with Crippen molar-refractivity contribution in [3.05, 3.63) is 52.9 Å². The summed E-state index contributed by atoms with van der Waals surface area (Å²) in [5.41, 5.74) is 6.24. The maximum absolute atomic E-state index is 6.31. The molecule has 1 aromatic carbocycles. The topological polar surface area (TPSA) is 36.3 Å². The highest BCUT2D eigenvalue weighted by Gasteiger charge is 2.56. The van der Waals surface area contributed by atoms with Crippen molar-refractivity contribution in [3.63, 3.8) is 0 Å². The first-order valence-electron chi connectivity index (χ1n) is 9.74. The van der Waals surface area contributed by atoms with Gasteiger partial charge in [-0.25, -0.2) is 4.68 Å². The largest absolute Gasteiger partial charge is 0.349 e. The highest BCUT2D eigenvalue weighted by molar-refractivity contribution is 5.62. The second-order valence-corrected chi connectivity index (χ2v) is 8.14. The van der Waals surface area contributed by atoms with Gasteiger partial charge in [0.25, 0.3) is 0 Å². The van der Waals surface area contributed by atoms with Gasteiger partial charge in [0, 0.05) is 11.8 Å². The quantitative estimate of drug-likeness (QED) is 0.763. The van der Waals surface area contributed by atoms with E-state index in [1.54, 1.807) is 0 Å². The van der Waals surface area contributed by atoms with Gasteiger partial charge in [-0.3, -0.25) is 0 Å². The van der Waals surface area contributed by atoms with Gasteiger partial charge in [-0.1, -0.05) is 30.2 Å². The van der Waals surface area contributed by atoms with Crippen molar-refractivity contribution < 1.29 is 9.47 Å². The summed E-state index contributed by atoms with van der Waals surface area (Å²) in [7, 11) is 0. The Kier molecular flexibility index (Phi) is 3.63. The van der Waals surface area contributed by atoms with E-state index in [4.69, 9.17) is 14.6 Å². The summed E-state index contributed by atoms with van der Waals surface area (Å²) in [6.45, 7) is 6.05. The molecular formula is C22H26N2O2. The van der Waals surface area contributed by atoms with E-state index in [1.165, 1.54) is 22.4 Å². The maximum Gasteiger partial charge on any atom is 0.177 e. The third kappa shape index (κ3) is 2.25. The first kappa shape index (κ1) is 16.3. The SMILES string of the molecule is Cc1ccc(-n2ncc3c2C=C2CCCC4(OCCCO4)[C@@]2(C)C3)cc1. The molecule has 0 amide bonds. The molecule has 1 aliphatic heterocycles. The Morgan fingerprint density at radius 3 is 2.62 bits per heavy atom. The summed E-state index contributed by atoms with van der Waals surface area (Å²) >= 11 is 0. The van der Waals surface area contributed by atoms with Crippen LogP contribution in [0.2, 0.25) is 0 Å². The number of hydrogen-bond acceptors (Lipinski definition) is 3. The normalized spacial score (nSPS) is 26.9. The molecule has 0 unspecified atom stereocenters. The van der Waals surface area contributed by atoms with Crippen LogP contribution in [0.5, 0.6) is 0 Å². The summed E-state index contributed by atoms with van der Waals surface area (Å²) in [6, 6.07) is 8.57. The molecule has 0 bridgehead atoms. The molecule has 0 N–H and O–H groups in total. The lowest BCUT2D eigenvalue weighted by molar-refractivity contribution is -0.321. The van der Waals surface area contributed by atoms with E-state index in [1.807, 2.05) is 6.20 Å². The number of hydrogen-bond donors (Lipinski definition) is 0. The lowest BCUT2D eigenvalue weighted by Gasteiger charge is -2.54. The van der Waals surface area contributed by atoms with Gasteiger partial charge in [-0.05, 0) is 56.4 Å². The van der Waals surface area contributed by atoms with Gasteiger partial charge < -0.3 is 9.47 Å². The smallest absolute Gasteiger partial charge is 0.177 e. The minimum absolute atomic E-state index is 0.0974. The van der Waals surface area contributed by atoms with E-state index in [0.717, 1.165) is 51.0 Å². The molecule has 1 saturated carbocycles. The van der Waals surface area contributed by atoms with Crippen molar-refractivity contribution in [1.29, 1.82) is 0 Å². The molecule has 2 fully saturated rings. The number of rotatable bonds is 1. The fourth-order valence-electron chi connectivity index (χ4n) is 4.94. The Morgan fingerprint density at radius 2 is 1.85 bits per heavy atom. The summed E-state index contributed by atoms with van der Waals surface area (Å²) in [6.07, 6.45) is 9.53. The number of aryl methyl sites for hydroxylation is 1. The number of fused-ring (bicyclic) bond motifs is 3. The summed E-state index contributed by atoms with van der Waals surface area (Å²) in [5.74, 6) is -0.459. The van der Waals surface area contributed by atoms with Crippen LogP contribution < -0.4 is 0 Å². The molecule has 2 aliphatic carbocycles. The molecule has 1 atom stereocenters. The Balaban J connectivity index is 1.58. The molecule has 1 spiro atoms.